The van der Waals surface area contributed by atoms with E-state index in [9.17, 15) is 0 Å². The molecule has 0 bridgehead atoms. The fourth-order valence-corrected chi connectivity index (χ4v) is 2.71. The molecule has 0 aromatic rings. The highest BCUT2D eigenvalue weighted by Gasteiger charge is 2.19. The van der Waals surface area contributed by atoms with Gasteiger partial charge in [0.15, 0.2) is 0 Å². The second-order valence-corrected chi connectivity index (χ2v) is 11.5. The predicted molar refractivity (Wildman–Crippen MR) is 58.5 cm³/mol. The molecule has 0 unspecified atom stereocenters. The lowest BCUT2D eigenvalue weighted by Gasteiger charge is -2.08. The largest absolute Gasteiger partial charge is 0.385 e. The Morgan fingerprint density at radius 3 is 2.17 bits per heavy atom. The van der Waals surface area contributed by atoms with Gasteiger partial charge in [0.2, 0.25) is 6.69 Å². The van der Waals surface area contributed by atoms with E-state index >= 15 is 0 Å². The molecule has 0 saturated heterocycles. The maximum absolute atomic E-state index is 5.95. The van der Waals surface area contributed by atoms with Gasteiger partial charge >= 0.3 is 0 Å². The monoisotopic (exact) mass is 228 g/mol. The molecule has 74 valence electrons. The van der Waals surface area contributed by atoms with Crippen LogP contribution in [0.4, 0.5) is 0 Å². The van der Waals surface area contributed by atoms with Crippen molar-refractivity contribution in [3.05, 3.63) is 0 Å². The van der Waals surface area contributed by atoms with Gasteiger partial charge in [-0.05, 0) is 19.0 Å². The van der Waals surface area contributed by atoms with Crippen molar-refractivity contribution >= 4 is 28.9 Å². The van der Waals surface area contributed by atoms with Crippen molar-refractivity contribution in [1.29, 1.82) is 0 Å². The quantitative estimate of drug-likeness (QED) is 0.367. The van der Waals surface area contributed by atoms with Crippen molar-refractivity contribution in [2.45, 2.75) is 38.3 Å². The van der Waals surface area contributed by atoms with E-state index < -0.39 is 6.69 Å². The second-order valence-electron chi connectivity index (χ2n) is 3.23. The van der Waals surface area contributed by atoms with Gasteiger partial charge in [0.1, 0.15) is 0 Å². The minimum absolute atomic E-state index is 0.871. The smallest absolute Gasteiger partial charge is 0.248 e. The van der Waals surface area contributed by atoms with E-state index in [1.807, 2.05) is 6.55 Å². The minimum Gasteiger partial charge on any atom is -0.385 e. The molecule has 4 heteroatoms. The molecular weight excluding hydrogens is 211 g/mol. The molecule has 0 amide bonds. The number of hydrogen-bond acceptors (Lipinski definition) is 1. The molecule has 0 fully saturated rings. The molecule has 0 aromatic heterocycles. The Balaban J connectivity index is 3.01. The van der Waals surface area contributed by atoms with Crippen molar-refractivity contribution in [3.8, 4) is 0 Å². The molecule has 0 atom stereocenters. The molecule has 0 spiro atoms. The average Bonchev–Trinajstić information content (AvgIpc) is 1.94. The summed E-state index contributed by atoms with van der Waals surface area (Å²) in [7, 11) is 1.74. The predicted octanol–water partition coefficient (Wildman–Crippen LogP) is 3.74. The number of hydrogen-bond donors (Lipinski definition) is 0. The zero-order chi connectivity index (χ0) is 9.45. The molecule has 12 heavy (non-hydrogen) atoms. The summed E-state index contributed by atoms with van der Waals surface area (Å²) in [5, 5.41) is 0. The van der Waals surface area contributed by atoms with E-state index in [1.165, 1.54) is 19.3 Å². The molecule has 0 saturated carbocycles. The summed E-state index contributed by atoms with van der Waals surface area (Å²) in [6.07, 6.45) is 4.77. The summed E-state index contributed by atoms with van der Waals surface area (Å²) < 4.78 is 4.95. The van der Waals surface area contributed by atoms with Gasteiger partial charge in [0.25, 0.3) is 0 Å². The number of halogens is 2. The minimum atomic E-state index is -1.81. The Hall–Kier alpha value is 0.757. The molecule has 0 rings (SSSR count). The zero-order valence-corrected chi connectivity index (χ0v) is 10.4. The first-order valence-corrected chi connectivity index (χ1v) is 9.16. The maximum atomic E-state index is 5.95. The summed E-state index contributed by atoms with van der Waals surface area (Å²) in [5.41, 5.74) is 0. The van der Waals surface area contributed by atoms with E-state index in [0.29, 0.717) is 0 Å². The van der Waals surface area contributed by atoms with E-state index in [2.05, 4.69) is 0 Å². The van der Waals surface area contributed by atoms with Crippen LogP contribution in [-0.2, 0) is 4.74 Å². The fraction of sp³-hybridized carbons (Fsp3) is 1.00. The van der Waals surface area contributed by atoms with Crippen LogP contribution < -0.4 is 0 Å². The molecule has 0 aliphatic rings. The van der Waals surface area contributed by atoms with Gasteiger partial charge in [-0.25, -0.2) is 0 Å². The maximum Gasteiger partial charge on any atom is 0.248 e. The van der Waals surface area contributed by atoms with Crippen LogP contribution in [0.15, 0.2) is 0 Å². The molecule has 0 heterocycles. The van der Waals surface area contributed by atoms with Crippen molar-refractivity contribution in [2.24, 2.45) is 0 Å². The molecule has 0 aromatic carbocycles. The molecule has 0 aliphatic heterocycles. The highest BCUT2D eigenvalue weighted by Crippen LogP contribution is 2.22. The first kappa shape index (κ1) is 12.8. The van der Waals surface area contributed by atoms with Crippen molar-refractivity contribution in [2.75, 3.05) is 13.7 Å². The van der Waals surface area contributed by atoms with E-state index in [1.54, 1.807) is 7.11 Å². The van der Waals surface area contributed by atoms with Crippen LogP contribution in [-0.4, -0.2) is 20.4 Å². The first-order chi connectivity index (χ1) is 5.56. The second kappa shape index (κ2) is 7.19. The molecule has 1 nitrogen and oxygen atoms in total. The molecule has 0 aliphatic carbocycles. The number of rotatable bonds is 7. The van der Waals surface area contributed by atoms with E-state index in [4.69, 9.17) is 26.9 Å². The first-order valence-electron chi connectivity index (χ1n) is 4.43. The van der Waals surface area contributed by atoms with E-state index in [0.717, 1.165) is 19.1 Å². The fourth-order valence-electron chi connectivity index (χ4n) is 1.04. The Labute approximate surface area is 85.8 Å². The Kier molecular flexibility index (Phi) is 7.64. The van der Waals surface area contributed by atoms with Crippen LogP contribution in [0.3, 0.4) is 0 Å². The number of methoxy groups -OCH3 is 1. The number of ether oxygens (including phenoxy) is 1. The Morgan fingerprint density at radius 1 is 1.08 bits per heavy atom. The standard InChI is InChI=1S/C8H18Cl2OSi/c1-11-7-5-3-4-6-8-12(2,9)10/h3-8H2,1-2H3. The van der Waals surface area contributed by atoms with Crippen LogP contribution >= 0.6 is 22.2 Å². The van der Waals surface area contributed by atoms with Crippen molar-refractivity contribution in [1.82, 2.24) is 0 Å². The molecule has 0 N–H and O–H groups in total. The van der Waals surface area contributed by atoms with E-state index in [-0.39, 0.29) is 0 Å². The summed E-state index contributed by atoms with van der Waals surface area (Å²) in [5.74, 6) is 0. The van der Waals surface area contributed by atoms with Crippen LogP contribution in [0.1, 0.15) is 25.7 Å². The lowest BCUT2D eigenvalue weighted by Crippen LogP contribution is -2.11. The lowest BCUT2D eigenvalue weighted by atomic mass is 10.2. The van der Waals surface area contributed by atoms with Gasteiger partial charge in [-0.3, -0.25) is 0 Å². The Bertz CT molecular complexity index is 104. The van der Waals surface area contributed by atoms with Crippen LogP contribution in [0.2, 0.25) is 12.6 Å². The average molecular weight is 229 g/mol. The third-order valence-electron chi connectivity index (χ3n) is 1.71. The highest BCUT2D eigenvalue weighted by atomic mass is 35.7. The normalized spacial score (nSPS) is 12.0. The lowest BCUT2D eigenvalue weighted by molar-refractivity contribution is 0.192. The third kappa shape index (κ3) is 10.8. The van der Waals surface area contributed by atoms with Crippen molar-refractivity contribution < 1.29 is 4.74 Å². The summed E-state index contributed by atoms with van der Waals surface area (Å²) >= 11 is 11.9. The highest BCUT2D eigenvalue weighted by molar-refractivity contribution is 7.44. The van der Waals surface area contributed by atoms with Gasteiger partial charge in [0, 0.05) is 13.7 Å². The van der Waals surface area contributed by atoms with Gasteiger partial charge in [0.05, 0.1) is 0 Å². The van der Waals surface area contributed by atoms with Gasteiger partial charge < -0.3 is 4.74 Å². The summed E-state index contributed by atoms with van der Waals surface area (Å²) in [6.45, 7) is 1.04. The number of unbranched alkanes of at least 4 members (excludes halogenated alkanes) is 3. The molecule has 0 radical (unpaired) electrons. The van der Waals surface area contributed by atoms with Gasteiger partial charge in [-0.15, -0.1) is 22.2 Å². The Morgan fingerprint density at radius 2 is 1.67 bits per heavy atom. The van der Waals surface area contributed by atoms with Crippen LogP contribution in [0.5, 0.6) is 0 Å². The van der Waals surface area contributed by atoms with Crippen LogP contribution in [0, 0.1) is 0 Å². The summed E-state index contributed by atoms with van der Waals surface area (Å²) in [4.78, 5) is 0. The zero-order valence-electron chi connectivity index (χ0n) is 7.91. The summed E-state index contributed by atoms with van der Waals surface area (Å²) in [6, 6.07) is 1.02. The van der Waals surface area contributed by atoms with Gasteiger partial charge in [-0.2, -0.15) is 0 Å². The van der Waals surface area contributed by atoms with Crippen molar-refractivity contribution in [3.63, 3.8) is 0 Å². The molecular formula is C8H18Cl2OSi. The SMILES string of the molecule is COCCCCCC[Si](C)(Cl)Cl. The topological polar surface area (TPSA) is 9.23 Å². The van der Waals surface area contributed by atoms with Gasteiger partial charge in [-0.1, -0.05) is 19.3 Å². The third-order valence-corrected chi connectivity index (χ3v) is 4.08. The van der Waals surface area contributed by atoms with Crippen LogP contribution in [0.25, 0.3) is 0 Å².